The van der Waals surface area contributed by atoms with Crippen LogP contribution < -0.4 is 10.2 Å². The minimum Gasteiger partial charge on any atom is -0.363 e. The van der Waals surface area contributed by atoms with Crippen molar-refractivity contribution < 1.29 is 14.1 Å². The number of carbonyl (C=O) groups is 1. The standard InChI is InChI=1S/C20H23FN4O3/c1-14(15-3-6-17(21)7-4-15)22-20(26)16-5-8-18(19(13-16)25(27)28)24-11-9-23(2)10-12-24/h3-8,13-14H,9-12H2,1-2H3,(H,22,26). The highest BCUT2D eigenvalue weighted by Crippen LogP contribution is 2.30. The van der Waals surface area contributed by atoms with Gasteiger partial charge in [-0.05, 0) is 43.8 Å². The first-order valence-corrected chi connectivity index (χ1v) is 9.13. The summed E-state index contributed by atoms with van der Waals surface area (Å²) < 4.78 is 13.1. The molecule has 3 rings (SSSR count). The fraction of sp³-hybridized carbons (Fsp3) is 0.350. The highest BCUT2D eigenvalue weighted by Gasteiger charge is 2.24. The normalized spacial score (nSPS) is 15.9. The maximum absolute atomic E-state index is 13.1. The first-order chi connectivity index (χ1) is 13.3. The van der Waals surface area contributed by atoms with Gasteiger partial charge in [0.05, 0.1) is 11.0 Å². The minimum absolute atomic E-state index is 0.0772. The fourth-order valence-electron chi connectivity index (χ4n) is 3.24. The molecule has 1 unspecified atom stereocenters. The number of hydrogen-bond donors (Lipinski definition) is 1. The lowest BCUT2D eigenvalue weighted by molar-refractivity contribution is -0.384. The number of nitrogens with one attached hydrogen (secondary N) is 1. The maximum atomic E-state index is 13.1. The van der Waals surface area contributed by atoms with Crippen LogP contribution in [0.1, 0.15) is 28.9 Å². The molecule has 0 spiro atoms. The summed E-state index contributed by atoms with van der Waals surface area (Å²) in [5.41, 5.74) is 1.42. The van der Waals surface area contributed by atoms with E-state index in [2.05, 4.69) is 10.2 Å². The van der Waals surface area contributed by atoms with Crippen molar-refractivity contribution in [2.24, 2.45) is 0 Å². The molecule has 1 heterocycles. The van der Waals surface area contributed by atoms with Crippen molar-refractivity contribution in [1.82, 2.24) is 10.2 Å². The molecular formula is C20H23FN4O3. The van der Waals surface area contributed by atoms with Crippen LogP contribution >= 0.6 is 0 Å². The van der Waals surface area contributed by atoms with Crippen LogP contribution in [0.5, 0.6) is 0 Å². The van der Waals surface area contributed by atoms with Gasteiger partial charge in [0.2, 0.25) is 0 Å². The maximum Gasteiger partial charge on any atom is 0.293 e. The molecule has 0 aliphatic carbocycles. The molecule has 8 heteroatoms. The third kappa shape index (κ3) is 4.45. The molecule has 28 heavy (non-hydrogen) atoms. The van der Waals surface area contributed by atoms with Crippen molar-refractivity contribution in [1.29, 1.82) is 0 Å². The van der Waals surface area contributed by atoms with Gasteiger partial charge in [0, 0.05) is 37.8 Å². The Morgan fingerprint density at radius 2 is 1.79 bits per heavy atom. The van der Waals surface area contributed by atoms with Crippen LogP contribution in [0.3, 0.4) is 0 Å². The third-order valence-electron chi connectivity index (χ3n) is 5.00. The van der Waals surface area contributed by atoms with E-state index >= 15 is 0 Å². The van der Waals surface area contributed by atoms with Gasteiger partial charge in [0.1, 0.15) is 11.5 Å². The second-order valence-electron chi connectivity index (χ2n) is 7.00. The van der Waals surface area contributed by atoms with E-state index in [4.69, 9.17) is 0 Å². The van der Waals surface area contributed by atoms with Crippen molar-refractivity contribution in [3.8, 4) is 0 Å². The van der Waals surface area contributed by atoms with Gasteiger partial charge in [-0.25, -0.2) is 4.39 Å². The van der Waals surface area contributed by atoms with E-state index in [-0.39, 0.29) is 23.1 Å². The van der Waals surface area contributed by atoms with Gasteiger partial charge in [0.25, 0.3) is 11.6 Å². The second kappa shape index (κ2) is 8.35. The Morgan fingerprint density at radius 3 is 2.39 bits per heavy atom. The average molecular weight is 386 g/mol. The number of piperazine rings is 1. The van der Waals surface area contributed by atoms with Crippen molar-refractivity contribution in [2.75, 3.05) is 38.1 Å². The van der Waals surface area contributed by atoms with E-state index in [9.17, 15) is 19.3 Å². The second-order valence-corrected chi connectivity index (χ2v) is 7.00. The lowest BCUT2D eigenvalue weighted by atomic mass is 10.1. The summed E-state index contributed by atoms with van der Waals surface area (Å²) >= 11 is 0. The van der Waals surface area contributed by atoms with Crippen LogP contribution in [0.4, 0.5) is 15.8 Å². The molecule has 7 nitrogen and oxygen atoms in total. The molecule has 1 fully saturated rings. The quantitative estimate of drug-likeness (QED) is 0.631. The largest absolute Gasteiger partial charge is 0.363 e. The van der Waals surface area contributed by atoms with Crippen LogP contribution in [0.2, 0.25) is 0 Å². The van der Waals surface area contributed by atoms with Crippen molar-refractivity contribution in [2.45, 2.75) is 13.0 Å². The van der Waals surface area contributed by atoms with Crippen LogP contribution in [0.15, 0.2) is 42.5 Å². The van der Waals surface area contributed by atoms with E-state index in [1.807, 2.05) is 11.9 Å². The molecule has 1 atom stereocenters. The molecular weight excluding hydrogens is 363 g/mol. The summed E-state index contributed by atoms with van der Waals surface area (Å²) in [6, 6.07) is 10.1. The first kappa shape index (κ1) is 19.8. The number of anilines is 1. The van der Waals surface area contributed by atoms with Crippen molar-refractivity contribution in [3.63, 3.8) is 0 Å². The minimum atomic E-state index is -0.451. The van der Waals surface area contributed by atoms with Gasteiger partial charge in [-0.3, -0.25) is 14.9 Å². The zero-order chi connectivity index (χ0) is 20.3. The molecule has 0 saturated carbocycles. The Morgan fingerprint density at radius 1 is 1.14 bits per heavy atom. The smallest absolute Gasteiger partial charge is 0.293 e. The Bertz CT molecular complexity index is 864. The van der Waals surface area contributed by atoms with Crippen molar-refractivity contribution >= 4 is 17.3 Å². The molecule has 1 amide bonds. The number of carbonyl (C=O) groups excluding carboxylic acids is 1. The Hall–Kier alpha value is -3.00. The van der Waals surface area contributed by atoms with Gasteiger partial charge in [-0.1, -0.05) is 12.1 Å². The monoisotopic (exact) mass is 386 g/mol. The third-order valence-corrected chi connectivity index (χ3v) is 5.00. The Labute approximate surface area is 162 Å². The van der Waals surface area contributed by atoms with E-state index in [1.54, 1.807) is 31.2 Å². The number of nitro benzene ring substituents is 1. The number of nitrogens with zero attached hydrogens (tertiary/aromatic N) is 3. The summed E-state index contributed by atoms with van der Waals surface area (Å²) in [5.74, 6) is -0.762. The molecule has 0 bridgehead atoms. The molecule has 0 aromatic heterocycles. The summed E-state index contributed by atoms with van der Waals surface area (Å²) in [5, 5.41) is 14.4. The summed E-state index contributed by atoms with van der Waals surface area (Å²) in [6.45, 7) is 4.83. The number of halogens is 1. The lowest BCUT2D eigenvalue weighted by Crippen LogP contribution is -2.44. The van der Waals surface area contributed by atoms with Crippen LogP contribution in [-0.4, -0.2) is 49.0 Å². The molecule has 2 aromatic rings. The van der Waals surface area contributed by atoms with E-state index in [0.29, 0.717) is 18.8 Å². The highest BCUT2D eigenvalue weighted by molar-refractivity contribution is 5.96. The predicted molar refractivity (Wildman–Crippen MR) is 105 cm³/mol. The summed E-state index contributed by atoms with van der Waals surface area (Å²) in [6.07, 6.45) is 0. The number of benzene rings is 2. The SMILES string of the molecule is CC(NC(=O)c1ccc(N2CCN(C)CC2)c([N+](=O)[O-])c1)c1ccc(F)cc1. The topological polar surface area (TPSA) is 78.7 Å². The number of likely N-dealkylation sites (N-methyl/N-ethyl adjacent to an activating group) is 1. The van der Waals surface area contributed by atoms with E-state index in [0.717, 1.165) is 18.7 Å². The molecule has 2 aromatic carbocycles. The number of rotatable bonds is 5. The zero-order valence-corrected chi connectivity index (χ0v) is 15.9. The summed E-state index contributed by atoms with van der Waals surface area (Å²) in [4.78, 5) is 27.8. The fourth-order valence-corrected chi connectivity index (χ4v) is 3.24. The lowest BCUT2D eigenvalue weighted by Gasteiger charge is -2.33. The van der Waals surface area contributed by atoms with Crippen LogP contribution in [-0.2, 0) is 0 Å². The molecule has 148 valence electrons. The van der Waals surface area contributed by atoms with Crippen LogP contribution in [0, 0.1) is 15.9 Å². The number of amides is 1. The Balaban J connectivity index is 1.78. The average Bonchev–Trinajstić information content (AvgIpc) is 2.68. The first-order valence-electron chi connectivity index (χ1n) is 9.13. The van der Waals surface area contributed by atoms with Gasteiger partial charge in [0.15, 0.2) is 0 Å². The number of hydrogen-bond acceptors (Lipinski definition) is 5. The molecule has 1 saturated heterocycles. The molecule has 0 radical (unpaired) electrons. The highest BCUT2D eigenvalue weighted by atomic mass is 19.1. The molecule has 1 aliphatic rings. The van der Waals surface area contributed by atoms with Gasteiger partial charge >= 0.3 is 0 Å². The number of nitro groups is 1. The van der Waals surface area contributed by atoms with Gasteiger partial charge < -0.3 is 15.1 Å². The van der Waals surface area contributed by atoms with Gasteiger partial charge in [-0.15, -0.1) is 0 Å². The van der Waals surface area contributed by atoms with Gasteiger partial charge in [-0.2, -0.15) is 0 Å². The molecule has 1 aliphatic heterocycles. The van der Waals surface area contributed by atoms with E-state index in [1.165, 1.54) is 18.2 Å². The van der Waals surface area contributed by atoms with Crippen LogP contribution in [0.25, 0.3) is 0 Å². The zero-order valence-electron chi connectivity index (χ0n) is 15.9. The van der Waals surface area contributed by atoms with E-state index < -0.39 is 10.8 Å². The van der Waals surface area contributed by atoms with Crippen molar-refractivity contribution in [3.05, 3.63) is 69.5 Å². The molecule has 1 N–H and O–H groups in total. The Kier molecular flexibility index (Phi) is 5.89. The predicted octanol–water partition coefficient (Wildman–Crippen LogP) is 2.98. The summed E-state index contributed by atoms with van der Waals surface area (Å²) in [7, 11) is 2.02.